The predicted molar refractivity (Wildman–Crippen MR) is 53.9 cm³/mol. The first-order chi connectivity index (χ1) is 6.29. The maximum atomic E-state index is 4.49. The van der Waals surface area contributed by atoms with Crippen molar-refractivity contribution in [2.75, 3.05) is 19.8 Å². The number of likely N-dealkylation sites (N-methyl/N-ethyl adjacent to an activating group) is 1. The zero-order chi connectivity index (χ0) is 9.26. The van der Waals surface area contributed by atoms with Crippen molar-refractivity contribution < 1.29 is 0 Å². The summed E-state index contributed by atoms with van der Waals surface area (Å²) in [5.41, 5.74) is 2.52. The normalized spacial score (nSPS) is 17.1. The van der Waals surface area contributed by atoms with Crippen LogP contribution in [0.1, 0.15) is 11.3 Å². The molecule has 0 unspecified atom stereocenters. The first-order valence-corrected chi connectivity index (χ1v) is 5.59. The lowest BCUT2D eigenvalue weighted by molar-refractivity contribution is 0.305. The fraction of sp³-hybridized carbons (Fsp3) is 0.556. The molecule has 2 heterocycles. The number of nitrogens with zero attached hydrogens (tertiary/aromatic N) is 3. The Bertz CT molecular complexity index is 314. The molecule has 0 saturated heterocycles. The van der Waals surface area contributed by atoms with Crippen molar-refractivity contribution in [3.05, 3.63) is 17.5 Å². The van der Waals surface area contributed by atoms with Gasteiger partial charge in [-0.3, -0.25) is 0 Å². The van der Waals surface area contributed by atoms with Crippen LogP contribution in [0.5, 0.6) is 0 Å². The summed E-state index contributed by atoms with van der Waals surface area (Å²) in [6.45, 7) is 2.08. The molecule has 0 radical (unpaired) electrons. The van der Waals surface area contributed by atoms with Crippen LogP contribution in [0.25, 0.3) is 0 Å². The summed E-state index contributed by atoms with van der Waals surface area (Å²) in [7, 11) is 2.13. The van der Waals surface area contributed by atoms with Crippen molar-refractivity contribution in [1.29, 1.82) is 0 Å². The average molecular weight is 195 g/mol. The van der Waals surface area contributed by atoms with Crippen molar-refractivity contribution >= 4 is 11.8 Å². The minimum absolute atomic E-state index is 0.883. The van der Waals surface area contributed by atoms with Crippen LogP contribution in [0, 0.1) is 0 Å². The SMILES string of the molecule is CSc1ncc2c(n1)CN(C)CC2. The zero-order valence-electron chi connectivity index (χ0n) is 7.95. The van der Waals surface area contributed by atoms with Gasteiger partial charge in [0.25, 0.3) is 0 Å². The molecule has 0 atom stereocenters. The summed E-state index contributed by atoms with van der Waals surface area (Å²) >= 11 is 1.60. The Labute approximate surface area is 82.6 Å². The molecule has 0 saturated carbocycles. The van der Waals surface area contributed by atoms with Gasteiger partial charge in [0.15, 0.2) is 5.16 Å². The number of aromatic nitrogens is 2. The molecule has 0 N–H and O–H groups in total. The lowest BCUT2D eigenvalue weighted by atomic mass is 10.1. The van der Waals surface area contributed by atoms with Crippen LogP contribution in [0.3, 0.4) is 0 Å². The third-order valence-electron chi connectivity index (χ3n) is 2.30. The van der Waals surface area contributed by atoms with E-state index in [9.17, 15) is 0 Å². The fourth-order valence-electron chi connectivity index (χ4n) is 1.51. The average Bonchev–Trinajstić information content (AvgIpc) is 2.16. The summed E-state index contributed by atoms with van der Waals surface area (Å²) in [6, 6.07) is 0. The molecule has 0 spiro atoms. The summed E-state index contributed by atoms with van der Waals surface area (Å²) in [4.78, 5) is 11.1. The van der Waals surface area contributed by atoms with Gasteiger partial charge >= 0.3 is 0 Å². The first kappa shape index (κ1) is 8.97. The van der Waals surface area contributed by atoms with Gasteiger partial charge in [-0.25, -0.2) is 9.97 Å². The zero-order valence-corrected chi connectivity index (χ0v) is 8.77. The van der Waals surface area contributed by atoms with Crippen LogP contribution < -0.4 is 0 Å². The molecule has 2 rings (SSSR count). The second-order valence-corrected chi connectivity index (χ2v) is 4.09. The van der Waals surface area contributed by atoms with Crippen LogP contribution in [0.4, 0.5) is 0 Å². The topological polar surface area (TPSA) is 29.0 Å². The first-order valence-electron chi connectivity index (χ1n) is 4.37. The highest BCUT2D eigenvalue weighted by Crippen LogP contribution is 2.17. The molecule has 4 heteroatoms. The fourth-order valence-corrected chi connectivity index (χ4v) is 1.87. The van der Waals surface area contributed by atoms with E-state index in [1.165, 1.54) is 11.3 Å². The van der Waals surface area contributed by atoms with Crippen LogP contribution in [-0.4, -0.2) is 34.7 Å². The Morgan fingerprint density at radius 2 is 2.38 bits per heavy atom. The molecular formula is C9H13N3S. The number of rotatable bonds is 1. The summed E-state index contributed by atoms with van der Waals surface area (Å²) in [6.07, 6.45) is 5.07. The van der Waals surface area contributed by atoms with Gasteiger partial charge < -0.3 is 4.90 Å². The molecule has 1 aliphatic rings. The van der Waals surface area contributed by atoms with E-state index in [1.54, 1.807) is 11.8 Å². The number of thioether (sulfide) groups is 1. The van der Waals surface area contributed by atoms with Crippen LogP contribution in [0.15, 0.2) is 11.4 Å². The van der Waals surface area contributed by atoms with Crippen LogP contribution in [-0.2, 0) is 13.0 Å². The van der Waals surface area contributed by atoms with Crippen molar-refractivity contribution in [3.63, 3.8) is 0 Å². The van der Waals surface area contributed by atoms with Crippen molar-refractivity contribution in [2.24, 2.45) is 0 Å². The third kappa shape index (κ3) is 1.84. The Kier molecular flexibility index (Phi) is 2.51. The maximum absolute atomic E-state index is 4.49. The third-order valence-corrected chi connectivity index (χ3v) is 2.86. The van der Waals surface area contributed by atoms with Crippen molar-refractivity contribution in [3.8, 4) is 0 Å². The highest BCUT2D eigenvalue weighted by Gasteiger charge is 2.14. The summed E-state index contributed by atoms with van der Waals surface area (Å²) in [5.74, 6) is 0. The molecule has 70 valence electrons. The van der Waals surface area contributed by atoms with Gasteiger partial charge in [-0.2, -0.15) is 0 Å². The van der Waals surface area contributed by atoms with E-state index < -0.39 is 0 Å². The second kappa shape index (κ2) is 3.64. The van der Waals surface area contributed by atoms with Gasteiger partial charge in [-0.15, -0.1) is 0 Å². The van der Waals surface area contributed by atoms with Gasteiger partial charge in [0.2, 0.25) is 0 Å². The number of hydrogen-bond donors (Lipinski definition) is 0. The smallest absolute Gasteiger partial charge is 0.187 e. The highest BCUT2D eigenvalue weighted by molar-refractivity contribution is 7.98. The lowest BCUT2D eigenvalue weighted by Crippen LogP contribution is -2.27. The molecule has 1 aliphatic heterocycles. The van der Waals surface area contributed by atoms with Crippen LogP contribution in [0.2, 0.25) is 0 Å². The van der Waals surface area contributed by atoms with E-state index in [4.69, 9.17) is 0 Å². The monoisotopic (exact) mass is 195 g/mol. The molecule has 0 aliphatic carbocycles. The molecule has 0 bridgehead atoms. The van der Waals surface area contributed by atoms with Crippen LogP contribution >= 0.6 is 11.8 Å². The molecule has 1 aromatic rings. The minimum Gasteiger partial charge on any atom is -0.300 e. The van der Waals surface area contributed by atoms with Gasteiger partial charge in [0, 0.05) is 19.3 Å². The Hall–Kier alpha value is -0.610. The number of hydrogen-bond acceptors (Lipinski definition) is 4. The van der Waals surface area contributed by atoms with E-state index in [0.717, 1.165) is 24.7 Å². The Balaban J connectivity index is 2.32. The largest absolute Gasteiger partial charge is 0.300 e. The van der Waals surface area contributed by atoms with E-state index in [1.807, 2.05) is 12.5 Å². The summed E-state index contributed by atoms with van der Waals surface area (Å²) in [5, 5.41) is 0.883. The number of fused-ring (bicyclic) bond motifs is 1. The summed E-state index contributed by atoms with van der Waals surface area (Å²) < 4.78 is 0. The highest BCUT2D eigenvalue weighted by atomic mass is 32.2. The molecule has 1 aromatic heterocycles. The lowest BCUT2D eigenvalue weighted by Gasteiger charge is -2.23. The van der Waals surface area contributed by atoms with E-state index in [-0.39, 0.29) is 0 Å². The second-order valence-electron chi connectivity index (χ2n) is 3.32. The van der Waals surface area contributed by atoms with Crippen molar-refractivity contribution in [2.45, 2.75) is 18.1 Å². The van der Waals surface area contributed by atoms with Gasteiger partial charge in [0.1, 0.15) is 0 Å². The molecule has 3 nitrogen and oxygen atoms in total. The van der Waals surface area contributed by atoms with E-state index in [0.29, 0.717) is 0 Å². The van der Waals surface area contributed by atoms with Gasteiger partial charge in [0.05, 0.1) is 5.69 Å². The maximum Gasteiger partial charge on any atom is 0.187 e. The Morgan fingerprint density at radius 1 is 1.54 bits per heavy atom. The van der Waals surface area contributed by atoms with Crippen molar-refractivity contribution in [1.82, 2.24) is 14.9 Å². The molecule has 13 heavy (non-hydrogen) atoms. The standard InChI is InChI=1S/C9H13N3S/c1-12-4-3-7-5-10-9(13-2)11-8(7)6-12/h5H,3-4,6H2,1-2H3. The van der Waals surface area contributed by atoms with Gasteiger partial charge in [-0.05, 0) is 25.3 Å². The molecule has 0 fully saturated rings. The molecule has 0 aromatic carbocycles. The molecular weight excluding hydrogens is 182 g/mol. The minimum atomic E-state index is 0.883. The van der Waals surface area contributed by atoms with E-state index >= 15 is 0 Å². The molecule has 0 amide bonds. The van der Waals surface area contributed by atoms with Gasteiger partial charge in [-0.1, -0.05) is 11.8 Å². The van der Waals surface area contributed by atoms with E-state index in [2.05, 4.69) is 21.9 Å². The Morgan fingerprint density at radius 3 is 3.15 bits per heavy atom. The quantitative estimate of drug-likeness (QED) is 0.497. The predicted octanol–water partition coefficient (Wildman–Crippen LogP) is 1.19.